The van der Waals surface area contributed by atoms with E-state index in [0.29, 0.717) is 19.5 Å². The Hall–Kier alpha value is -3.25. The van der Waals surface area contributed by atoms with Crippen LogP contribution in [0.2, 0.25) is 0 Å². The second-order valence-electron chi connectivity index (χ2n) is 7.59. The van der Waals surface area contributed by atoms with Crippen molar-refractivity contribution >= 4 is 11.5 Å². The van der Waals surface area contributed by atoms with Crippen LogP contribution in [0.3, 0.4) is 0 Å². The molecule has 0 saturated carbocycles. The molecule has 30 heavy (non-hydrogen) atoms. The number of Topliss-reactive ketones (excluding diaryl/α,β-unsaturated/α-hetero) is 1. The van der Waals surface area contributed by atoms with E-state index in [1.165, 1.54) is 12.1 Å². The van der Waals surface area contributed by atoms with Crippen LogP contribution in [0.1, 0.15) is 46.0 Å². The van der Waals surface area contributed by atoms with Gasteiger partial charge in [0.2, 0.25) is 0 Å². The van der Waals surface area contributed by atoms with Crippen molar-refractivity contribution in [2.75, 3.05) is 6.54 Å². The number of hydrogen-bond acceptors (Lipinski definition) is 5. The molecular weight excluding hydrogens is 379 g/mol. The largest absolute Gasteiger partial charge is 0.330 e. The molecule has 1 aliphatic heterocycles. The first-order valence-corrected chi connectivity index (χ1v) is 9.96. The number of hydrogen-bond donors (Lipinski definition) is 1. The van der Waals surface area contributed by atoms with E-state index in [2.05, 4.69) is 15.0 Å². The summed E-state index contributed by atoms with van der Waals surface area (Å²) >= 11 is 0. The average molecular weight is 402 g/mol. The highest BCUT2D eigenvalue weighted by molar-refractivity contribution is 6.15. The number of nitrogens with zero attached hydrogens (tertiary/aromatic N) is 3. The summed E-state index contributed by atoms with van der Waals surface area (Å²) in [5.74, 6) is -0.366. The summed E-state index contributed by atoms with van der Waals surface area (Å²) in [6, 6.07) is 12.1. The lowest BCUT2D eigenvalue weighted by atomic mass is 9.92. The second kappa shape index (κ2) is 8.63. The van der Waals surface area contributed by atoms with Crippen LogP contribution in [0, 0.1) is 12.7 Å². The van der Waals surface area contributed by atoms with Crippen molar-refractivity contribution in [2.45, 2.75) is 32.2 Å². The Kier molecular flexibility index (Phi) is 5.77. The standard InChI is InChI=1S/C24H23FN4O/c1-15-8-17(6-7-27-15)24-23-14-28-21(9-19(23)13-29-24)11-22(30)10-18(12-26)16-2-4-20(25)5-3-16/h2-9,14,18H,10-13,26H2,1H3. The molecule has 2 N–H and O–H groups in total. The van der Waals surface area contributed by atoms with Gasteiger partial charge < -0.3 is 5.73 Å². The van der Waals surface area contributed by atoms with Crippen LogP contribution in [0.15, 0.2) is 59.9 Å². The summed E-state index contributed by atoms with van der Waals surface area (Å²) in [7, 11) is 0. The number of benzene rings is 1. The number of carbonyl (C=O) groups excluding carboxylic acids is 1. The molecule has 152 valence electrons. The summed E-state index contributed by atoms with van der Waals surface area (Å²) in [4.78, 5) is 26.0. The molecule has 0 radical (unpaired) electrons. The summed E-state index contributed by atoms with van der Waals surface area (Å²) in [6.45, 7) is 2.86. The van der Waals surface area contributed by atoms with E-state index in [4.69, 9.17) is 5.73 Å². The number of halogens is 1. The average Bonchev–Trinajstić information content (AvgIpc) is 3.16. The Morgan fingerprint density at radius 3 is 2.70 bits per heavy atom. The lowest BCUT2D eigenvalue weighted by Gasteiger charge is -2.14. The third-order valence-corrected chi connectivity index (χ3v) is 5.36. The normalized spacial score (nSPS) is 13.6. The first-order chi connectivity index (χ1) is 14.5. The number of aryl methyl sites for hydroxylation is 1. The minimum atomic E-state index is -0.299. The molecule has 4 rings (SSSR count). The number of carbonyl (C=O) groups is 1. The second-order valence-corrected chi connectivity index (χ2v) is 7.59. The van der Waals surface area contributed by atoms with Crippen molar-refractivity contribution in [2.24, 2.45) is 10.7 Å². The summed E-state index contributed by atoms with van der Waals surface area (Å²) < 4.78 is 13.1. The fraction of sp³-hybridized carbons (Fsp3) is 0.250. The number of aliphatic imine (C=N–C) groups is 1. The fourth-order valence-electron chi connectivity index (χ4n) is 3.80. The Balaban J connectivity index is 1.45. The Morgan fingerprint density at radius 1 is 1.17 bits per heavy atom. The molecule has 0 aliphatic carbocycles. The van der Waals surface area contributed by atoms with Gasteiger partial charge in [0.1, 0.15) is 11.6 Å². The lowest BCUT2D eigenvalue weighted by Crippen LogP contribution is -2.18. The first-order valence-electron chi connectivity index (χ1n) is 9.96. The van der Waals surface area contributed by atoms with E-state index >= 15 is 0 Å². The Labute approximate surface area is 174 Å². The smallest absolute Gasteiger partial charge is 0.139 e. The number of nitrogens with two attached hydrogens (primary N) is 1. The van der Waals surface area contributed by atoms with Gasteiger partial charge in [-0.25, -0.2) is 4.39 Å². The van der Waals surface area contributed by atoms with E-state index in [1.54, 1.807) is 24.5 Å². The predicted molar refractivity (Wildman–Crippen MR) is 114 cm³/mol. The number of aromatic nitrogens is 2. The molecule has 3 heterocycles. The maximum Gasteiger partial charge on any atom is 0.139 e. The molecule has 1 aromatic carbocycles. The molecule has 6 heteroatoms. The van der Waals surface area contributed by atoms with Gasteiger partial charge in [-0.2, -0.15) is 0 Å². The van der Waals surface area contributed by atoms with Gasteiger partial charge in [0, 0.05) is 53.7 Å². The summed E-state index contributed by atoms with van der Waals surface area (Å²) in [5, 5.41) is 0. The minimum Gasteiger partial charge on any atom is -0.330 e. The van der Waals surface area contributed by atoms with Crippen LogP contribution in [-0.4, -0.2) is 28.0 Å². The maximum absolute atomic E-state index is 13.1. The Bertz CT molecular complexity index is 1110. The highest BCUT2D eigenvalue weighted by atomic mass is 19.1. The highest BCUT2D eigenvalue weighted by Crippen LogP contribution is 2.24. The Morgan fingerprint density at radius 2 is 1.97 bits per heavy atom. The molecule has 1 unspecified atom stereocenters. The molecule has 3 aromatic rings. The zero-order valence-electron chi connectivity index (χ0n) is 16.8. The first kappa shape index (κ1) is 20.0. The fourth-order valence-corrected chi connectivity index (χ4v) is 3.80. The van der Waals surface area contributed by atoms with Crippen LogP contribution < -0.4 is 5.73 Å². The van der Waals surface area contributed by atoms with E-state index in [0.717, 1.165) is 39.4 Å². The van der Waals surface area contributed by atoms with E-state index in [-0.39, 0.29) is 23.9 Å². The molecule has 0 fully saturated rings. The predicted octanol–water partition coefficient (Wildman–Crippen LogP) is 3.52. The van der Waals surface area contributed by atoms with Crippen LogP contribution in [-0.2, 0) is 17.8 Å². The van der Waals surface area contributed by atoms with Crippen LogP contribution in [0.25, 0.3) is 0 Å². The zero-order chi connectivity index (χ0) is 21.1. The summed E-state index contributed by atoms with van der Waals surface area (Å²) in [5.41, 5.74) is 12.4. The monoisotopic (exact) mass is 402 g/mol. The van der Waals surface area contributed by atoms with Gasteiger partial charge >= 0.3 is 0 Å². The van der Waals surface area contributed by atoms with Gasteiger partial charge in [0.25, 0.3) is 0 Å². The van der Waals surface area contributed by atoms with E-state index in [9.17, 15) is 9.18 Å². The molecule has 1 atom stereocenters. The maximum atomic E-state index is 13.1. The SMILES string of the molecule is Cc1cc(C2=NCc3cc(CC(=O)CC(CN)c4ccc(F)cc4)ncc32)ccn1. The van der Waals surface area contributed by atoms with E-state index < -0.39 is 0 Å². The van der Waals surface area contributed by atoms with Gasteiger partial charge in [0.15, 0.2) is 0 Å². The zero-order valence-corrected chi connectivity index (χ0v) is 16.8. The lowest BCUT2D eigenvalue weighted by molar-refractivity contribution is -0.118. The molecule has 0 bridgehead atoms. The van der Waals surface area contributed by atoms with Crippen molar-refractivity contribution in [3.05, 3.63) is 94.3 Å². The topological polar surface area (TPSA) is 81.2 Å². The molecule has 0 saturated heterocycles. The van der Waals surface area contributed by atoms with Gasteiger partial charge in [-0.3, -0.25) is 19.8 Å². The van der Waals surface area contributed by atoms with Gasteiger partial charge in [-0.05, 0) is 54.9 Å². The molecular formula is C24H23FN4O. The summed E-state index contributed by atoms with van der Waals surface area (Å²) in [6.07, 6.45) is 4.13. The van der Waals surface area contributed by atoms with Crippen LogP contribution >= 0.6 is 0 Å². The number of ketones is 1. The van der Waals surface area contributed by atoms with Gasteiger partial charge in [0.05, 0.1) is 12.3 Å². The van der Waals surface area contributed by atoms with Crippen molar-refractivity contribution in [3.8, 4) is 0 Å². The van der Waals surface area contributed by atoms with Crippen molar-refractivity contribution in [1.29, 1.82) is 0 Å². The van der Waals surface area contributed by atoms with E-state index in [1.807, 2.05) is 25.1 Å². The van der Waals surface area contributed by atoms with Gasteiger partial charge in [-0.15, -0.1) is 0 Å². The number of rotatable bonds is 7. The molecule has 0 spiro atoms. The minimum absolute atomic E-state index is 0.0612. The van der Waals surface area contributed by atoms with Crippen molar-refractivity contribution in [3.63, 3.8) is 0 Å². The molecule has 2 aromatic heterocycles. The molecule has 0 amide bonds. The van der Waals surface area contributed by atoms with Gasteiger partial charge in [-0.1, -0.05) is 12.1 Å². The third kappa shape index (κ3) is 4.33. The van der Waals surface area contributed by atoms with Crippen LogP contribution in [0.4, 0.5) is 4.39 Å². The molecule has 1 aliphatic rings. The highest BCUT2D eigenvalue weighted by Gasteiger charge is 2.20. The van der Waals surface area contributed by atoms with Crippen molar-refractivity contribution < 1.29 is 9.18 Å². The number of pyridine rings is 2. The molecule has 5 nitrogen and oxygen atoms in total. The quantitative estimate of drug-likeness (QED) is 0.656. The van der Waals surface area contributed by atoms with Crippen molar-refractivity contribution in [1.82, 2.24) is 9.97 Å². The number of fused-ring (bicyclic) bond motifs is 1. The third-order valence-electron chi connectivity index (χ3n) is 5.36. The van der Waals surface area contributed by atoms with Crippen LogP contribution in [0.5, 0.6) is 0 Å².